The van der Waals surface area contributed by atoms with Gasteiger partial charge in [0.05, 0.1) is 0 Å². The summed E-state index contributed by atoms with van der Waals surface area (Å²) in [7, 11) is 0. The molecule has 2 atom stereocenters. The van der Waals surface area contributed by atoms with Gasteiger partial charge in [-0.15, -0.1) is 0 Å². The maximum absolute atomic E-state index is 11.9. The Morgan fingerprint density at radius 2 is 1.81 bits per heavy atom. The van der Waals surface area contributed by atoms with E-state index in [9.17, 15) is 19.5 Å². The van der Waals surface area contributed by atoms with E-state index in [1.807, 2.05) is 30.3 Å². The smallest absolute Gasteiger partial charge is 0.322 e. The minimum Gasteiger partial charge on any atom is -0.385 e. The summed E-state index contributed by atoms with van der Waals surface area (Å²) in [5, 5.41) is 17.9. The molecule has 2 unspecified atom stereocenters. The first-order chi connectivity index (χ1) is 12.3. The van der Waals surface area contributed by atoms with Crippen molar-refractivity contribution in [1.82, 2.24) is 10.6 Å². The van der Waals surface area contributed by atoms with Gasteiger partial charge < -0.3 is 15.7 Å². The van der Waals surface area contributed by atoms with Gasteiger partial charge >= 0.3 is 6.03 Å². The van der Waals surface area contributed by atoms with Crippen molar-refractivity contribution in [2.24, 2.45) is 0 Å². The fourth-order valence-corrected chi connectivity index (χ4v) is 2.92. The molecule has 1 heterocycles. The van der Waals surface area contributed by atoms with Crippen LogP contribution in [0, 0.1) is 0 Å². The summed E-state index contributed by atoms with van der Waals surface area (Å²) in [4.78, 5) is 34.5. The summed E-state index contributed by atoms with van der Waals surface area (Å²) in [6.45, 7) is 2.92. The van der Waals surface area contributed by atoms with Crippen molar-refractivity contribution in [3.8, 4) is 11.1 Å². The highest BCUT2D eigenvalue weighted by Crippen LogP contribution is 2.30. The van der Waals surface area contributed by atoms with Gasteiger partial charge in [-0.3, -0.25) is 14.9 Å². The highest BCUT2D eigenvalue weighted by molar-refractivity contribution is 6.07. The number of benzene rings is 2. The quantitative estimate of drug-likeness (QED) is 0.630. The molecular weight excluding hydrogens is 334 g/mol. The number of amides is 4. The van der Waals surface area contributed by atoms with Gasteiger partial charge in [0.1, 0.15) is 11.6 Å². The number of anilines is 1. The minimum atomic E-state index is -1.41. The van der Waals surface area contributed by atoms with Crippen LogP contribution in [0.1, 0.15) is 25.5 Å². The van der Waals surface area contributed by atoms with E-state index >= 15 is 0 Å². The highest BCUT2D eigenvalue weighted by atomic mass is 16.3. The predicted octanol–water partition coefficient (Wildman–Crippen LogP) is 1.94. The summed E-state index contributed by atoms with van der Waals surface area (Å²) in [5.41, 5.74) is 1.57. The molecule has 7 nitrogen and oxygen atoms in total. The number of rotatable bonds is 4. The molecule has 0 saturated carbocycles. The predicted molar refractivity (Wildman–Crippen MR) is 96.2 cm³/mol. The lowest BCUT2D eigenvalue weighted by atomic mass is 9.89. The van der Waals surface area contributed by atoms with Crippen LogP contribution in [0.5, 0.6) is 0 Å². The number of hydrogen-bond acceptors (Lipinski definition) is 4. The number of aliphatic hydroxyl groups is 1. The molecule has 4 N–H and O–H groups in total. The Morgan fingerprint density at radius 1 is 1.12 bits per heavy atom. The van der Waals surface area contributed by atoms with E-state index in [1.54, 1.807) is 18.2 Å². The Kier molecular flexibility index (Phi) is 4.48. The number of aliphatic hydroxyl groups excluding tert-OH is 1. The van der Waals surface area contributed by atoms with Gasteiger partial charge in [-0.05, 0) is 35.7 Å². The summed E-state index contributed by atoms with van der Waals surface area (Å²) < 4.78 is 0. The molecule has 1 fully saturated rings. The molecule has 1 aliphatic rings. The largest absolute Gasteiger partial charge is 0.385 e. The van der Waals surface area contributed by atoms with Gasteiger partial charge in [0.2, 0.25) is 5.91 Å². The van der Waals surface area contributed by atoms with Crippen LogP contribution in [0.4, 0.5) is 10.5 Å². The second-order valence-corrected chi connectivity index (χ2v) is 6.40. The number of urea groups is 1. The Bertz CT molecular complexity index is 879. The average molecular weight is 353 g/mol. The van der Waals surface area contributed by atoms with Gasteiger partial charge in [0, 0.05) is 12.6 Å². The van der Waals surface area contributed by atoms with E-state index in [2.05, 4.69) is 16.0 Å². The molecular formula is C19H19N3O4. The molecule has 134 valence electrons. The SMILES string of the molecule is CC(=O)Nc1cccc(-c2ccc(C(O)C3(C)NC(=O)NC3=O)cc2)c1. The number of imide groups is 1. The molecule has 0 bridgehead atoms. The fourth-order valence-electron chi connectivity index (χ4n) is 2.92. The Labute approximate surface area is 150 Å². The van der Waals surface area contributed by atoms with Crippen LogP contribution in [0.15, 0.2) is 48.5 Å². The van der Waals surface area contributed by atoms with Crippen molar-refractivity contribution in [3.63, 3.8) is 0 Å². The zero-order chi connectivity index (χ0) is 18.9. The number of nitrogens with one attached hydrogen (secondary N) is 3. The van der Waals surface area contributed by atoms with Crippen LogP contribution in [-0.2, 0) is 9.59 Å². The molecule has 7 heteroatoms. The van der Waals surface area contributed by atoms with Crippen LogP contribution in [0.25, 0.3) is 11.1 Å². The van der Waals surface area contributed by atoms with Gasteiger partial charge in [-0.2, -0.15) is 0 Å². The van der Waals surface area contributed by atoms with Crippen LogP contribution in [0.2, 0.25) is 0 Å². The zero-order valence-electron chi connectivity index (χ0n) is 14.4. The van der Waals surface area contributed by atoms with Crippen LogP contribution < -0.4 is 16.0 Å². The second-order valence-electron chi connectivity index (χ2n) is 6.40. The lowest BCUT2D eigenvalue weighted by Crippen LogP contribution is -2.49. The van der Waals surface area contributed by atoms with Crippen LogP contribution in [-0.4, -0.2) is 28.5 Å². The van der Waals surface area contributed by atoms with Gasteiger partial charge in [0.15, 0.2) is 0 Å². The molecule has 0 aromatic heterocycles. The minimum absolute atomic E-state index is 0.147. The third kappa shape index (κ3) is 3.29. The second kappa shape index (κ2) is 6.61. The first kappa shape index (κ1) is 17.6. The first-order valence-electron chi connectivity index (χ1n) is 8.09. The standard InChI is InChI=1S/C19H19N3O4/c1-11(23)20-15-5-3-4-14(10-15)12-6-8-13(9-7-12)16(24)19(2)17(25)21-18(26)22-19/h3-10,16,24H,1-2H3,(H,20,23)(H2,21,22,25,26). The van der Waals surface area contributed by atoms with Crippen molar-refractivity contribution in [1.29, 1.82) is 0 Å². The lowest BCUT2D eigenvalue weighted by Gasteiger charge is -2.27. The monoisotopic (exact) mass is 353 g/mol. The molecule has 1 saturated heterocycles. The Hall–Kier alpha value is -3.19. The maximum atomic E-state index is 11.9. The van der Waals surface area contributed by atoms with Crippen molar-refractivity contribution in [2.45, 2.75) is 25.5 Å². The molecule has 4 amide bonds. The molecule has 26 heavy (non-hydrogen) atoms. The molecule has 0 spiro atoms. The normalized spacial score (nSPS) is 20.3. The van der Waals surface area contributed by atoms with E-state index in [0.717, 1.165) is 11.1 Å². The Morgan fingerprint density at radius 3 is 2.38 bits per heavy atom. The van der Waals surface area contributed by atoms with E-state index in [1.165, 1.54) is 13.8 Å². The number of carbonyl (C=O) groups excluding carboxylic acids is 3. The van der Waals surface area contributed by atoms with Crippen LogP contribution >= 0.6 is 0 Å². The zero-order valence-corrected chi connectivity index (χ0v) is 14.4. The molecule has 2 aromatic carbocycles. The van der Waals surface area contributed by atoms with Crippen molar-refractivity contribution in [3.05, 3.63) is 54.1 Å². The third-order valence-electron chi connectivity index (χ3n) is 4.36. The molecule has 0 radical (unpaired) electrons. The number of carbonyl (C=O) groups is 3. The van der Waals surface area contributed by atoms with Crippen molar-refractivity contribution in [2.75, 3.05) is 5.32 Å². The van der Waals surface area contributed by atoms with Gasteiger partial charge in [-0.1, -0.05) is 36.4 Å². The van der Waals surface area contributed by atoms with E-state index in [0.29, 0.717) is 11.3 Å². The van der Waals surface area contributed by atoms with E-state index < -0.39 is 23.6 Å². The van der Waals surface area contributed by atoms with E-state index in [-0.39, 0.29) is 5.91 Å². The van der Waals surface area contributed by atoms with Crippen molar-refractivity contribution >= 4 is 23.5 Å². The van der Waals surface area contributed by atoms with Crippen LogP contribution in [0.3, 0.4) is 0 Å². The summed E-state index contributed by atoms with van der Waals surface area (Å²) >= 11 is 0. The lowest BCUT2D eigenvalue weighted by molar-refractivity contribution is -0.127. The van der Waals surface area contributed by atoms with E-state index in [4.69, 9.17) is 0 Å². The molecule has 3 rings (SSSR count). The highest BCUT2D eigenvalue weighted by Gasteiger charge is 2.48. The van der Waals surface area contributed by atoms with Gasteiger partial charge in [-0.25, -0.2) is 4.79 Å². The first-order valence-corrected chi connectivity index (χ1v) is 8.09. The summed E-state index contributed by atoms with van der Waals surface area (Å²) in [6, 6.07) is 13.8. The molecule has 0 aliphatic carbocycles. The summed E-state index contributed by atoms with van der Waals surface area (Å²) in [6.07, 6.45) is -1.19. The maximum Gasteiger partial charge on any atom is 0.322 e. The fraction of sp³-hybridized carbons (Fsp3) is 0.211. The number of hydrogen-bond donors (Lipinski definition) is 4. The Balaban J connectivity index is 1.84. The molecule has 2 aromatic rings. The average Bonchev–Trinajstić information content (AvgIpc) is 2.87. The topological polar surface area (TPSA) is 108 Å². The third-order valence-corrected chi connectivity index (χ3v) is 4.36. The molecule has 1 aliphatic heterocycles. The van der Waals surface area contributed by atoms with Gasteiger partial charge in [0.25, 0.3) is 5.91 Å². The van der Waals surface area contributed by atoms with Crippen molar-refractivity contribution < 1.29 is 19.5 Å². The summed E-state index contributed by atoms with van der Waals surface area (Å²) in [5.74, 6) is -0.715.